The summed E-state index contributed by atoms with van der Waals surface area (Å²) in [4.78, 5) is 61.3. The molecule has 2 aliphatic heterocycles. The summed E-state index contributed by atoms with van der Waals surface area (Å²) in [5.74, 6) is -0.983. The zero-order valence-electron chi connectivity index (χ0n) is 32.4. The molecule has 0 radical (unpaired) electrons. The Kier molecular flexibility index (Phi) is 11.3. The van der Waals surface area contributed by atoms with Crippen LogP contribution in [-0.4, -0.2) is 78.1 Å². The number of nitrogens with zero attached hydrogens (tertiary/aromatic N) is 9. The van der Waals surface area contributed by atoms with Crippen LogP contribution in [0.2, 0.25) is 0 Å². The molecule has 5 aromatic rings. The number of aryl methyl sites for hydroxylation is 1. The van der Waals surface area contributed by atoms with Crippen LogP contribution in [0.5, 0.6) is 0 Å². The van der Waals surface area contributed by atoms with Gasteiger partial charge in [-0.2, -0.15) is 23.5 Å². The molecule has 0 unspecified atom stereocenters. The summed E-state index contributed by atoms with van der Waals surface area (Å²) in [5, 5.41) is 21.4. The number of amides is 3. The van der Waals surface area contributed by atoms with Crippen molar-refractivity contribution < 1.29 is 31.9 Å². The van der Waals surface area contributed by atoms with E-state index in [1.165, 1.54) is 49.3 Å². The van der Waals surface area contributed by atoms with Crippen LogP contribution in [-0.2, 0) is 15.8 Å². The van der Waals surface area contributed by atoms with Gasteiger partial charge in [-0.25, -0.2) is 24.3 Å². The number of nitriles is 1. The molecular formula is C40H36F4N12O3S. The standard InChI is InChI=1S/C40H36F4N12O3S/c1-22-26(12-13-30(51-22)33-49-21-50-53-33)31-19-47-34-35(52-31)54(32(57)20-48-34)15-7-5-4-6-14-46-36(58)27-11-10-25(17-29(27)41)56-38(60)55(37(59)39(56,2)3)24-9-8-23(18-45)28(16-24)40(42,43)44/h8-13,16-17,19,21H,4-7,14-15,20H2,1-3H3,(H,46,58)(H,47,48)(H,49,50,53). The minimum Gasteiger partial charge on any atom is -0.358 e. The Labute approximate surface area is 345 Å². The Bertz CT molecular complexity index is 2560. The number of rotatable bonds is 12. The van der Waals surface area contributed by atoms with Crippen molar-refractivity contribution in [2.75, 3.05) is 39.7 Å². The summed E-state index contributed by atoms with van der Waals surface area (Å²) < 4.78 is 56.6. The number of hydrogen-bond acceptors (Lipinski definition) is 11. The molecule has 60 heavy (non-hydrogen) atoms. The average molecular weight is 841 g/mol. The molecule has 0 bridgehead atoms. The maximum Gasteiger partial charge on any atom is 0.417 e. The van der Waals surface area contributed by atoms with Crippen molar-refractivity contribution in [1.29, 1.82) is 5.26 Å². The first-order chi connectivity index (χ1) is 28.6. The van der Waals surface area contributed by atoms with Gasteiger partial charge in [-0.05, 0) is 94.4 Å². The van der Waals surface area contributed by atoms with E-state index in [2.05, 4.69) is 35.8 Å². The maximum absolute atomic E-state index is 15.5. The molecule has 308 valence electrons. The molecule has 3 N–H and O–H groups in total. The fourth-order valence-electron chi connectivity index (χ4n) is 7.05. The summed E-state index contributed by atoms with van der Waals surface area (Å²) >= 11 is 5.53. The predicted octanol–water partition coefficient (Wildman–Crippen LogP) is 6.33. The number of thiocarbonyl (C=S) groups is 1. The van der Waals surface area contributed by atoms with Gasteiger partial charge in [0, 0.05) is 30.0 Å². The number of alkyl halides is 3. The molecule has 0 atom stereocenters. The van der Waals surface area contributed by atoms with Crippen LogP contribution >= 0.6 is 12.2 Å². The second-order valence-electron chi connectivity index (χ2n) is 14.5. The Balaban J connectivity index is 0.924. The van der Waals surface area contributed by atoms with E-state index in [1.807, 2.05) is 13.0 Å². The van der Waals surface area contributed by atoms with Gasteiger partial charge in [0.15, 0.2) is 22.6 Å². The molecule has 7 rings (SSSR count). The summed E-state index contributed by atoms with van der Waals surface area (Å²) in [6.45, 7) is 5.56. The molecule has 0 aliphatic carbocycles. The average Bonchev–Trinajstić information content (AvgIpc) is 3.81. The molecule has 2 aliphatic rings. The third kappa shape index (κ3) is 7.95. The molecule has 15 nitrogen and oxygen atoms in total. The zero-order valence-corrected chi connectivity index (χ0v) is 33.2. The monoisotopic (exact) mass is 840 g/mol. The Morgan fingerprint density at radius 2 is 1.77 bits per heavy atom. The first-order valence-electron chi connectivity index (χ1n) is 18.7. The predicted molar refractivity (Wildman–Crippen MR) is 216 cm³/mol. The smallest absolute Gasteiger partial charge is 0.358 e. The van der Waals surface area contributed by atoms with Gasteiger partial charge in [0.1, 0.15) is 23.4 Å². The van der Waals surface area contributed by atoms with Crippen LogP contribution in [0, 0.1) is 24.1 Å². The number of fused-ring (bicyclic) bond motifs is 1. The lowest BCUT2D eigenvalue weighted by Crippen LogP contribution is -2.44. The number of carbonyl (C=O) groups is 3. The first-order valence-corrected chi connectivity index (χ1v) is 19.1. The second-order valence-corrected chi connectivity index (χ2v) is 14.8. The summed E-state index contributed by atoms with van der Waals surface area (Å²) in [7, 11) is 0. The number of hydrogen-bond donors (Lipinski definition) is 3. The van der Waals surface area contributed by atoms with E-state index in [-0.39, 0.29) is 41.0 Å². The summed E-state index contributed by atoms with van der Waals surface area (Å²) in [5.41, 5.74) is -1.04. The number of pyridine rings is 1. The first kappa shape index (κ1) is 41.3. The summed E-state index contributed by atoms with van der Waals surface area (Å²) in [6, 6.07) is 11.7. The van der Waals surface area contributed by atoms with Crippen LogP contribution in [0.15, 0.2) is 61.1 Å². The van der Waals surface area contributed by atoms with Gasteiger partial charge >= 0.3 is 6.18 Å². The lowest BCUT2D eigenvalue weighted by molar-refractivity contribution is -0.137. The largest absolute Gasteiger partial charge is 0.417 e. The molecule has 0 spiro atoms. The van der Waals surface area contributed by atoms with E-state index in [0.717, 1.165) is 29.0 Å². The van der Waals surface area contributed by atoms with E-state index < -0.39 is 40.5 Å². The second kappa shape index (κ2) is 16.4. The van der Waals surface area contributed by atoms with Crippen molar-refractivity contribution in [2.45, 2.75) is 58.2 Å². The molecule has 5 heterocycles. The minimum atomic E-state index is -4.87. The third-order valence-corrected chi connectivity index (χ3v) is 10.5. The van der Waals surface area contributed by atoms with Gasteiger partial charge in [0.25, 0.3) is 11.8 Å². The van der Waals surface area contributed by atoms with E-state index >= 15 is 4.39 Å². The molecule has 2 aromatic carbocycles. The number of H-pyrrole nitrogens is 1. The van der Waals surface area contributed by atoms with Gasteiger partial charge < -0.3 is 15.5 Å². The van der Waals surface area contributed by atoms with Crippen molar-refractivity contribution in [2.24, 2.45) is 0 Å². The highest BCUT2D eigenvalue weighted by Crippen LogP contribution is 2.40. The summed E-state index contributed by atoms with van der Waals surface area (Å²) in [6.07, 6.45) is 0.901. The van der Waals surface area contributed by atoms with Crippen LogP contribution in [0.4, 0.5) is 40.6 Å². The maximum atomic E-state index is 15.5. The van der Waals surface area contributed by atoms with Crippen molar-refractivity contribution in [3.63, 3.8) is 0 Å². The normalized spacial score (nSPS) is 14.9. The van der Waals surface area contributed by atoms with Crippen LogP contribution < -0.4 is 25.3 Å². The van der Waals surface area contributed by atoms with E-state index in [1.54, 1.807) is 17.2 Å². The Hall–Kier alpha value is -6.88. The fraction of sp³-hybridized carbons (Fsp3) is 0.300. The molecule has 0 saturated carbocycles. The Morgan fingerprint density at radius 1 is 1.00 bits per heavy atom. The van der Waals surface area contributed by atoms with Crippen LogP contribution in [0.3, 0.4) is 0 Å². The molecular weight excluding hydrogens is 805 g/mol. The number of benzene rings is 2. The number of aromatic nitrogens is 6. The molecule has 1 saturated heterocycles. The van der Waals surface area contributed by atoms with Crippen molar-refractivity contribution in [1.82, 2.24) is 35.5 Å². The zero-order chi connectivity index (χ0) is 42.9. The number of carbonyl (C=O) groups excluding carboxylic acids is 3. The molecule has 1 fully saturated rings. The number of unbranched alkanes of at least 4 members (excludes halogenated alkanes) is 3. The van der Waals surface area contributed by atoms with Gasteiger partial charge in [0.2, 0.25) is 5.91 Å². The van der Waals surface area contributed by atoms with Crippen molar-refractivity contribution in [3.8, 4) is 28.8 Å². The van der Waals surface area contributed by atoms with Crippen molar-refractivity contribution >= 4 is 58.1 Å². The lowest BCUT2D eigenvalue weighted by atomic mass is 10.0. The highest BCUT2D eigenvalue weighted by molar-refractivity contribution is 7.81. The van der Waals surface area contributed by atoms with Gasteiger partial charge in [-0.3, -0.25) is 29.3 Å². The minimum absolute atomic E-state index is 0.0836. The number of aromatic amines is 1. The molecule has 3 aromatic heterocycles. The fourth-order valence-corrected chi connectivity index (χ4v) is 7.57. The van der Waals surface area contributed by atoms with Gasteiger partial charge in [-0.15, -0.1) is 0 Å². The Morgan fingerprint density at radius 3 is 2.47 bits per heavy atom. The number of halogens is 4. The topological polar surface area (TPSA) is 189 Å². The van der Waals surface area contributed by atoms with Crippen LogP contribution in [0.1, 0.15) is 66.7 Å². The van der Waals surface area contributed by atoms with E-state index in [9.17, 15) is 32.8 Å². The number of nitrogens with one attached hydrogen (secondary N) is 3. The van der Waals surface area contributed by atoms with E-state index in [0.29, 0.717) is 66.4 Å². The van der Waals surface area contributed by atoms with Gasteiger partial charge in [-0.1, -0.05) is 12.8 Å². The highest BCUT2D eigenvalue weighted by atomic mass is 32.1. The third-order valence-electron chi connectivity index (χ3n) is 10.1. The van der Waals surface area contributed by atoms with E-state index in [4.69, 9.17) is 17.2 Å². The van der Waals surface area contributed by atoms with Crippen LogP contribution in [0.25, 0.3) is 22.8 Å². The SMILES string of the molecule is Cc1nc(-c2nc[nH]n2)ccc1-c1cnc2c(n1)N(CCCCCCNC(=O)c1ccc(N3C(=S)N(c4ccc(C#N)c(C(F)(F)F)c4)C(=O)C3(C)C)cc1F)C(=O)CN2. The van der Waals surface area contributed by atoms with Gasteiger partial charge in [0.05, 0.1) is 46.9 Å². The van der Waals surface area contributed by atoms with Crippen molar-refractivity contribution in [3.05, 3.63) is 89.3 Å². The quantitative estimate of drug-likeness (QED) is 0.0721. The number of anilines is 4. The molecule has 3 amide bonds. The highest BCUT2D eigenvalue weighted by Gasteiger charge is 2.51. The molecule has 20 heteroatoms. The lowest BCUT2D eigenvalue weighted by Gasteiger charge is -2.29.